The van der Waals surface area contributed by atoms with Gasteiger partial charge >= 0.3 is 0 Å². The number of hydrogen-bond donors (Lipinski definition) is 2. The van der Waals surface area contributed by atoms with Gasteiger partial charge < -0.3 is 10.6 Å². The lowest BCUT2D eigenvalue weighted by atomic mass is 10.2. The predicted octanol–water partition coefficient (Wildman–Crippen LogP) is 2.40. The molecule has 2 heterocycles. The van der Waals surface area contributed by atoms with Crippen molar-refractivity contribution in [3.63, 3.8) is 0 Å². The Balaban J connectivity index is 2.20. The van der Waals surface area contributed by atoms with E-state index in [1.807, 2.05) is 13.8 Å². The fourth-order valence-corrected chi connectivity index (χ4v) is 2.44. The summed E-state index contributed by atoms with van der Waals surface area (Å²) in [7, 11) is 0. The van der Waals surface area contributed by atoms with Crippen molar-refractivity contribution in [3.05, 3.63) is 28.8 Å². The first kappa shape index (κ1) is 19.0. The summed E-state index contributed by atoms with van der Waals surface area (Å²) in [5.74, 6) is -0.613. The van der Waals surface area contributed by atoms with Crippen molar-refractivity contribution in [2.75, 3.05) is 11.9 Å². The van der Waals surface area contributed by atoms with Crippen LogP contribution in [0, 0.1) is 6.92 Å². The van der Waals surface area contributed by atoms with Gasteiger partial charge in [-0.05, 0) is 27.2 Å². The highest BCUT2D eigenvalue weighted by atomic mass is 35.5. The molecule has 2 aromatic rings. The molecule has 0 saturated carbocycles. The van der Waals surface area contributed by atoms with Gasteiger partial charge in [0.1, 0.15) is 6.04 Å². The lowest BCUT2D eigenvalue weighted by Gasteiger charge is -2.14. The van der Waals surface area contributed by atoms with Gasteiger partial charge in [-0.2, -0.15) is 10.2 Å². The van der Waals surface area contributed by atoms with Crippen LogP contribution < -0.4 is 10.6 Å². The minimum absolute atomic E-state index is 0.200. The van der Waals surface area contributed by atoms with E-state index in [1.165, 1.54) is 6.20 Å². The van der Waals surface area contributed by atoms with Gasteiger partial charge in [-0.3, -0.25) is 19.0 Å². The van der Waals surface area contributed by atoms with Gasteiger partial charge in [-0.15, -0.1) is 0 Å². The summed E-state index contributed by atoms with van der Waals surface area (Å²) in [6.07, 6.45) is 3.96. The lowest BCUT2D eigenvalue weighted by Crippen LogP contribution is -2.28. The summed E-state index contributed by atoms with van der Waals surface area (Å²) in [5.41, 5.74) is 1.28. The SMILES string of the molecule is CCCNC(=O)c1nn(CC)cc1NC(=O)C(C)n1ncc(Cl)c1C. The Morgan fingerprint density at radius 3 is 2.64 bits per heavy atom. The van der Waals surface area contributed by atoms with Crippen LogP contribution in [0.2, 0.25) is 5.02 Å². The molecule has 0 radical (unpaired) electrons. The van der Waals surface area contributed by atoms with Crippen LogP contribution in [0.15, 0.2) is 12.4 Å². The third-order valence-electron chi connectivity index (χ3n) is 3.83. The van der Waals surface area contributed by atoms with E-state index in [4.69, 9.17) is 11.6 Å². The highest BCUT2D eigenvalue weighted by Gasteiger charge is 2.23. The zero-order valence-electron chi connectivity index (χ0n) is 14.8. The molecule has 25 heavy (non-hydrogen) atoms. The molecule has 8 nitrogen and oxygen atoms in total. The number of hydrogen-bond acceptors (Lipinski definition) is 4. The second kappa shape index (κ2) is 8.15. The number of nitrogens with zero attached hydrogens (tertiary/aromatic N) is 4. The van der Waals surface area contributed by atoms with Crippen molar-refractivity contribution in [2.45, 2.75) is 46.7 Å². The van der Waals surface area contributed by atoms with E-state index in [0.29, 0.717) is 29.5 Å². The molecule has 2 amide bonds. The van der Waals surface area contributed by atoms with Gasteiger partial charge in [-0.25, -0.2) is 0 Å². The number of aromatic nitrogens is 4. The number of halogens is 1. The molecule has 2 aromatic heterocycles. The Labute approximate surface area is 151 Å². The zero-order chi connectivity index (χ0) is 18.6. The average Bonchev–Trinajstić information content (AvgIpc) is 3.16. The first-order chi connectivity index (χ1) is 11.9. The molecule has 0 aliphatic heterocycles. The molecule has 0 spiro atoms. The fraction of sp³-hybridized carbons (Fsp3) is 0.500. The lowest BCUT2D eigenvalue weighted by molar-refractivity contribution is -0.119. The van der Waals surface area contributed by atoms with Crippen LogP contribution in [0.4, 0.5) is 5.69 Å². The third-order valence-corrected chi connectivity index (χ3v) is 4.20. The minimum atomic E-state index is -0.580. The molecular weight excluding hydrogens is 344 g/mol. The topological polar surface area (TPSA) is 93.8 Å². The van der Waals surface area contributed by atoms with E-state index in [2.05, 4.69) is 20.8 Å². The van der Waals surface area contributed by atoms with Crippen molar-refractivity contribution in [3.8, 4) is 0 Å². The molecule has 0 bridgehead atoms. The van der Waals surface area contributed by atoms with Crippen LogP contribution in [-0.2, 0) is 11.3 Å². The maximum atomic E-state index is 12.6. The molecule has 0 aliphatic carbocycles. The maximum absolute atomic E-state index is 12.6. The molecule has 2 rings (SSSR count). The van der Waals surface area contributed by atoms with Crippen LogP contribution in [0.3, 0.4) is 0 Å². The van der Waals surface area contributed by atoms with Gasteiger partial charge in [0.2, 0.25) is 5.91 Å². The molecule has 0 aliphatic rings. The summed E-state index contributed by atoms with van der Waals surface area (Å²) in [4.78, 5) is 24.8. The Kier molecular flexibility index (Phi) is 6.19. The highest BCUT2D eigenvalue weighted by Crippen LogP contribution is 2.20. The van der Waals surface area contributed by atoms with E-state index >= 15 is 0 Å². The van der Waals surface area contributed by atoms with E-state index in [9.17, 15) is 9.59 Å². The molecule has 1 atom stereocenters. The second-order valence-corrected chi connectivity index (χ2v) is 6.10. The first-order valence-corrected chi connectivity index (χ1v) is 8.62. The van der Waals surface area contributed by atoms with Gasteiger partial charge in [0, 0.05) is 19.3 Å². The van der Waals surface area contributed by atoms with Crippen molar-refractivity contribution >= 4 is 29.1 Å². The largest absolute Gasteiger partial charge is 0.351 e. The molecule has 1 unspecified atom stereocenters. The van der Waals surface area contributed by atoms with Crippen molar-refractivity contribution in [1.82, 2.24) is 24.9 Å². The van der Waals surface area contributed by atoms with Crippen molar-refractivity contribution in [1.29, 1.82) is 0 Å². The van der Waals surface area contributed by atoms with Crippen LogP contribution >= 0.6 is 11.6 Å². The normalized spacial score (nSPS) is 12.0. The van der Waals surface area contributed by atoms with E-state index in [0.717, 1.165) is 6.42 Å². The number of amides is 2. The van der Waals surface area contributed by atoms with Crippen LogP contribution in [0.5, 0.6) is 0 Å². The molecule has 9 heteroatoms. The summed E-state index contributed by atoms with van der Waals surface area (Å²) in [6, 6.07) is -0.580. The number of carbonyl (C=O) groups is 2. The van der Waals surface area contributed by atoms with Crippen LogP contribution in [0.25, 0.3) is 0 Å². The summed E-state index contributed by atoms with van der Waals surface area (Å²) >= 11 is 5.99. The number of rotatable bonds is 7. The van der Waals surface area contributed by atoms with Gasteiger partial charge in [0.25, 0.3) is 5.91 Å². The minimum Gasteiger partial charge on any atom is -0.351 e. The van der Waals surface area contributed by atoms with Crippen LogP contribution in [-0.4, -0.2) is 37.9 Å². The second-order valence-electron chi connectivity index (χ2n) is 5.69. The maximum Gasteiger partial charge on any atom is 0.273 e. The number of anilines is 1. The smallest absolute Gasteiger partial charge is 0.273 e. The average molecular weight is 367 g/mol. The summed E-state index contributed by atoms with van der Waals surface area (Å²) < 4.78 is 3.15. The third kappa shape index (κ3) is 4.19. The van der Waals surface area contributed by atoms with E-state index in [1.54, 1.807) is 29.4 Å². The van der Waals surface area contributed by atoms with Crippen molar-refractivity contribution in [2.24, 2.45) is 0 Å². The molecule has 2 N–H and O–H groups in total. The Bertz CT molecular complexity index is 767. The fourth-order valence-electron chi connectivity index (χ4n) is 2.31. The Morgan fingerprint density at radius 1 is 1.36 bits per heavy atom. The zero-order valence-corrected chi connectivity index (χ0v) is 15.6. The van der Waals surface area contributed by atoms with E-state index in [-0.39, 0.29) is 17.5 Å². The molecule has 0 aromatic carbocycles. The Morgan fingerprint density at radius 2 is 2.08 bits per heavy atom. The summed E-state index contributed by atoms with van der Waals surface area (Å²) in [6.45, 7) is 8.52. The van der Waals surface area contributed by atoms with Crippen LogP contribution in [0.1, 0.15) is 49.4 Å². The van der Waals surface area contributed by atoms with Gasteiger partial charge in [-0.1, -0.05) is 18.5 Å². The number of carbonyl (C=O) groups excluding carboxylic acids is 2. The predicted molar refractivity (Wildman–Crippen MR) is 95.8 cm³/mol. The summed E-state index contributed by atoms with van der Waals surface area (Å²) in [5, 5.41) is 14.4. The monoisotopic (exact) mass is 366 g/mol. The standard InChI is InChI=1S/C16H23ClN6O2/c1-5-7-18-16(25)14-13(9-22(6-2)21-14)20-15(24)11(4)23-10(3)12(17)8-19-23/h8-9,11H,5-7H2,1-4H3,(H,18,25)(H,20,24). The van der Waals surface area contributed by atoms with Crippen molar-refractivity contribution < 1.29 is 9.59 Å². The molecular formula is C16H23ClN6O2. The van der Waals surface area contributed by atoms with E-state index < -0.39 is 6.04 Å². The molecule has 136 valence electrons. The highest BCUT2D eigenvalue weighted by molar-refractivity contribution is 6.31. The van der Waals surface area contributed by atoms with Gasteiger partial charge in [0.05, 0.1) is 22.6 Å². The number of nitrogens with one attached hydrogen (secondary N) is 2. The number of aryl methyl sites for hydroxylation is 1. The first-order valence-electron chi connectivity index (χ1n) is 8.25. The molecule has 0 saturated heterocycles. The van der Waals surface area contributed by atoms with Gasteiger partial charge in [0.15, 0.2) is 5.69 Å². The quantitative estimate of drug-likeness (QED) is 0.786. The molecule has 0 fully saturated rings. The Hall–Kier alpha value is -2.35.